The number of aryl methyl sites for hydroxylation is 1. The van der Waals surface area contributed by atoms with E-state index in [0.717, 1.165) is 10.4 Å². The molecule has 0 fully saturated rings. The van der Waals surface area contributed by atoms with E-state index in [2.05, 4.69) is 15.5 Å². The number of carbonyl (C=O) groups is 1. The first-order chi connectivity index (χ1) is 9.17. The van der Waals surface area contributed by atoms with Gasteiger partial charge < -0.3 is 14.9 Å². The van der Waals surface area contributed by atoms with Crippen molar-refractivity contribution in [1.29, 1.82) is 0 Å². The largest absolute Gasteiger partial charge is 0.392 e. The number of nitrogens with zero attached hydrogens (tertiary/aromatic N) is 2. The van der Waals surface area contributed by atoms with Crippen molar-refractivity contribution < 1.29 is 14.4 Å². The summed E-state index contributed by atoms with van der Waals surface area (Å²) in [5.74, 6) is 0.675. The normalized spacial score (nSPS) is 11.1. The number of rotatable bonds is 5. The Bertz CT molecular complexity index is 589. The van der Waals surface area contributed by atoms with Crippen molar-refractivity contribution in [2.75, 3.05) is 0 Å². The Hall–Kier alpha value is -1.99. The van der Waals surface area contributed by atoms with Gasteiger partial charge in [0.15, 0.2) is 5.82 Å². The molecule has 7 heteroatoms. The topological polar surface area (TPSA) is 88.2 Å². The molecular weight excluding hydrogens is 266 g/mol. The molecule has 0 aliphatic carbocycles. The average molecular weight is 279 g/mol. The maximum absolute atomic E-state index is 11.5. The van der Waals surface area contributed by atoms with Crippen LogP contribution in [0, 0.1) is 6.92 Å². The fourth-order valence-electron chi connectivity index (χ4n) is 1.36. The Kier molecular flexibility index (Phi) is 4.43. The molecule has 2 N–H and O–H groups in total. The molecular formula is C12H13N3O3S. The molecule has 0 saturated heterocycles. The van der Waals surface area contributed by atoms with Gasteiger partial charge in [0.1, 0.15) is 0 Å². The van der Waals surface area contributed by atoms with Gasteiger partial charge in [0.2, 0.25) is 11.8 Å². The standard InChI is InChI=1S/C12H13N3O3S/c1-8-14-11(15-18-8)5-13-12(17)3-2-10-4-9(6-16)7-19-10/h2-4,7,16H,5-6H2,1H3,(H,13,17)/b3-2+. The second kappa shape index (κ2) is 6.26. The zero-order valence-electron chi connectivity index (χ0n) is 10.3. The third-order valence-corrected chi connectivity index (χ3v) is 3.19. The van der Waals surface area contributed by atoms with E-state index in [9.17, 15) is 4.79 Å². The number of hydrogen-bond acceptors (Lipinski definition) is 6. The molecule has 0 bridgehead atoms. The van der Waals surface area contributed by atoms with Gasteiger partial charge in [0, 0.05) is 17.9 Å². The van der Waals surface area contributed by atoms with Crippen LogP contribution in [0.5, 0.6) is 0 Å². The highest BCUT2D eigenvalue weighted by Crippen LogP contribution is 2.15. The van der Waals surface area contributed by atoms with Crippen LogP contribution in [0.2, 0.25) is 0 Å². The minimum atomic E-state index is -0.235. The van der Waals surface area contributed by atoms with E-state index in [1.807, 2.05) is 11.4 Å². The van der Waals surface area contributed by atoms with E-state index in [-0.39, 0.29) is 19.1 Å². The number of carbonyl (C=O) groups excluding carboxylic acids is 1. The first-order valence-corrected chi connectivity index (χ1v) is 6.48. The molecule has 0 saturated carbocycles. The lowest BCUT2D eigenvalue weighted by Gasteiger charge is -1.95. The molecule has 0 radical (unpaired) electrons. The van der Waals surface area contributed by atoms with E-state index < -0.39 is 0 Å². The van der Waals surface area contributed by atoms with Gasteiger partial charge in [-0.2, -0.15) is 4.98 Å². The van der Waals surface area contributed by atoms with Crippen LogP contribution in [0.4, 0.5) is 0 Å². The fourth-order valence-corrected chi connectivity index (χ4v) is 2.16. The Morgan fingerprint density at radius 3 is 3.11 bits per heavy atom. The van der Waals surface area contributed by atoms with Gasteiger partial charge in [0.05, 0.1) is 13.2 Å². The van der Waals surface area contributed by atoms with Crippen molar-refractivity contribution in [1.82, 2.24) is 15.5 Å². The maximum Gasteiger partial charge on any atom is 0.244 e. The molecule has 0 atom stereocenters. The molecule has 0 unspecified atom stereocenters. The van der Waals surface area contributed by atoms with E-state index in [0.29, 0.717) is 11.7 Å². The molecule has 2 rings (SSSR count). The molecule has 6 nitrogen and oxygen atoms in total. The number of nitrogens with one attached hydrogen (secondary N) is 1. The minimum absolute atomic E-state index is 0.00765. The van der Waals surface area contributed by atoms with Crippen LogP contribution in [0.3, 0.4) is 0 Å². The molecule has 0 aliphatic heterocycles. The van der Waals surface area contributed by atoms with E-state index in [4.69, 9.17) is 9.63 Å². The van der Waals surface area contributed by atoms with Gasteiger partial charge in [-0.1, -0.05) is 5.16 Å². The fraction of sp³-hybridized carbons (Fsp3) is 0.250. The molecule has 2 heterocycles. The maximum atomic E-state index is 11.5. The lowest BCUT2D eigenvalue weighted by atomic mass is 10.3. The Balaban J connectivity index is 1.83. The van der Waals surface area contributed by atoms with Crippen molar-refractivity contribution >= 4 is 23.3 Å². The zero-order chi connectivity index (χ0) is 13.7. The molecule has 100 valence electrons. The van der Waals surface area contributed by atoms with Gasteiger partial charge in [-0.15, -0.1) is 11.3 Å². The third kappa shape index (κ3) is 4.01. The Morgan fingerprint density at radius 1 is 1.63 bits per heavy atom. The molecule has 2 aromatic heterocycles. The summed E-state index contributed by atoms with van der Waals surface area (Å²) in [7, 11) is 0. The second-order valence-electron chi connectivity index (χ2n) is 3.80. The molecule has 0 aromatic carbocycles. The molecule has 2 aromatic rings. The van der Waals surface area contributed by atoms with Crippen LogP contribution in [-0.4, -0.2) is 21.2 Å². The summed E-state index contributed by atoms with van der Waals surface area (Å²) in [6.07, 6.45) is 3.13. The summed E-state index contributed by atoms with van der Waals surface area (Å²) in [5.41, 5.74) is 0.840. The van der Waals surface area contributed by atoms with E-state index in [1.54, 1.807) is 13.0 Å². The smallest absolute Gasteiger partial charge is 0.244 e. The molecule has 0 spiro atoms. The van der Waals surface area contributed by atoms with Crippen molar-refractivity contribution in [3.63, 3.8) is 0 Å². The lowest BCUT2D eigenvalue weighted by Crippen LogP contribution is -2.20. The number of aliphatic hydroxyl groups is 1. The van der Waals surface area contributed by atoms with Crippen LogP contribution in [0.25, 0.3) is 6.08 Å². The predicted octanol–water partition coefficient (Wildman–Crippen LogP) is 1.26. The number of hydrogen-bond donors (Lipinski definition) is 2. The number of aliphatic hydroxyl groups excluding tert-OH is 1. The van der Waals surface area contributed by atoms with Crippen LogP contribution in [-0.2, 0) is 17.9 Å². The quantitative estimate of drug-likeness (QED) is 0.804. The van der Waals surface area contributed by atoms with Crippen LogP contribution in [0.15, 0.2) is 22.0 Å². The Morgan fingerprint density at radius 2 is 2.47 bits per heavy atom. The summed E-state index contributed by atoms with van der Waals surface area (Å²) >= 11 is 1.47. The highest BCUT2D eigenvalue weighted by Gasteiger charge is 2.03. The van der Waals surface area contributed by atoms with Crippen molar-refractivity contribution in [2.24, 2.45) is 0 Å². The molecule has 19 heavy (non-hydrogen) atoms. The summed E-state index contributed by atoms with van der Waals surface area (Å²) in [6, 6.07) is 1.83. The van der Waals surface area contributed by atoms with E-state index >= 15 is 0 Å². The van der Waals surface area contributed by atoms with Crippen molar-refractivity contribution in [2.45, 2.75) is 20.1 Å². The third-order valence-electron chi connectivity index (χ3n) is 2.25. The summed E-state index contributed by atoms with van der Waals surface area (Å²) in [5, 5.41) is 17.1. The summed E-state index contributed by atoms with van der Waals surface area (Å²) in [6.45, 7) is 1.92. The first-order valence-electron chi connectivity index (χ1n) is 5.61. The summed E-state index contributed by atoms with van der Waals surface area (Å²) < 4.78 is 4.79. The van der Waals surface area contributed by atoms with Crippen LogP contribution >= 0.6 is 11.3 Å². The van der Waals surface area contributed by atoms with E-state index in [1.165, 1.54) is 17.4 Å². The summed E-state index contributed by atoms with van der Waals surface area (Å²) in [4.78, 5) is 16.4. The van der Waals surface area contributed by atoms with Crippen molar-refractivity contribution in [3.8, 4) is 0 Å². The number of amides is 1. The molecule has 0 aliphatic rings. The second-order valence-corrected chi connectivity index (χ2v) is 4.74. The predicted molar refractivity (Wildman–Crippen MR) is 70.2 cm³/mol. The van der Waals surface area contributed by atoms with Crippen LogP contribution in [0.1, 0.15) is 22.2 Å². The number of thiophene rings is 1. The van der Waals surface area contributed by atoms with Gasteiger partial charge in [-0.25, -0.2) is 0 Å². The Labute approximate surface area is 113 Å². The highest BCUT2D eigenvalue weighted by molar-refractivity contribution is 7.11. The minimum Gasteiger partial charge on any atom is -0.392 e. The van der Waals surface area contributed by atoms with Crippen LogP contribution < -0.4 is 5.32 Å². The lowest BCUT2D eigenvalue weighted by molar-refractivity contribution is -0.116. The number of aromatic nitrogens is 2. The van der Waals surface area contributed by atoms with Crippen molar-refractivity contribution in [3.05, 3.63) is 39.7 Å². The zero-order valence-corrected chi connectivity index (χ0v) is 11.1. The highest BCUT2D eigenvalue weighted by atomic mass is 32.1. The first kappa shape index (κ1) is 13.4. The van der Waals surface area contributed by atoms with Gasteiger partial charge in [-0.05, 0) is 23.1 Å². The average Bonchev–Trinajstić information content (AvgIpc) is 3.02. The van der Waals surface area contributed by atoms with Gasteiger partial charge in [-0.3, -0.25) is 4.79 Å². The van der Waals surface area contributed by atoms with Gasteiger partial charge in [0.25, 0.3) is 0 Å². The molecule has 1 amide bonds. The monoisotopic (exact) mass is 279 g/mol. The SMILES string of the molecule is Cc1nc(CNC(=O)/C=C/c2cc(CO)cs2)no1. The van der Waals surface area contributed by atoms with Gasteiger partial charge >= 0.3 is 0 Å².